The van der Waals surface area contributed by atoms with E-state index in [0.717, 1.165) is 38.5 Å². The number of carbonyl (C=O) groups excluding carboxylic acids is 6. The maximum Gasteiger partial charge on any atom is 0.312 e. The summed E-state index contributed by atoms with van der Waals surface area (Å²) < 4.78 is 10.2. The number of nitrogens with zero attached hydrogens (tertiary/aromatic N) is 2. The summed E-state index contributed by atoms with van der Waals surface area (Å²) in [5.74, 6) is -3.16. The zero-order chi connectivity index (χ0) is 28.4. The molecule has 4 atom stereocenters. The fourth-order valence-electron chi connectivity index (χ4n) is 9.67. The molecule has 8 rings (SSSR count). The zero-order valence-corrected chi connectivity index (χ0v) is 23.5. The number of rotatable bonds is 9. The van der Waals surface area contributed by atoms with E-state index in [1.54, 1.807) is 0 Å². The van der Waals surface area contributed by atoms with Gasteiger partial charge in [0, 0.05) is 13.1 Å². The zero-order valence-electron chi connectivity index (χ0n) is 23.5. The van der Waals surface area contributed by atoms with E-state index in [2.05, 4.69) is 0 Å². The molecule has 0 radical (unpaired) electrons. The fourth-order valence-corrected chi connectivity index (χ4v) is 9.67. The molecule has 2 heterocycles. The summed E-state index contributed by atoms with van der Waals surface area (Å²) in [7, 11) is 2.70. The van der Waals surface area contributed by atoms with Gasteiger partial charge in [-0.1, -0.05) is 12.8 Å². The Balaban J connectivity index is 1.02. The van der Waals surface area contributed by atoms with Gasteiger partial charge in [-0.3, -0.25) is 38.6 Å². The quantitative estimate of drug-likeness (QED) is 0.241. The Labute approximate surface area is 234 Å². The molecule has 218 valence electrons. The van der Waals surface area contributed by atoms with E-state index in [0.29, 0.717) is 51.6 Å². The van der Waals surface area contributed by atoms with Gasteiger partial charge in [0.05, 0.1) is 48.7 Å². The Morgan fingerprint density at radius 2 is 0.975 bits per heavy atom. The summed E-state index contributed by atoms with van der Waals surface area (Å²) in [4.78, 5) is 81.6. The van der Waals surface area contributed by atoms with Crippen LogP contribution in [0, 0.1) is 46.3 Å². The van der Waals surface area contributed by atoms with E-state index in [1.807, 2.05) is 0 Å². The van der Waals surface area contributed by atoms with Gasteiger partial charge < -0.3 is 9.47 Å². The molecule has 40 heavy (non-hydrogen) atoms. The lowest BCUT2D eigenvalue weighted by molar-refractivity contribution is -0.173. The van der Waals surface area contributed by atoms with Crippen molar-refractivity contribution in [3.63, 3.8) is 0 Å². The SMILES string of the molecule is COC(=O)C12CCC(CC1)[C@H]1C(=O)N(CCCCCCN3C(=O)[C@@H]4[C@@H](C3=O)C3CCC4(C(=O)OC)CC3)C(=O)[C@H]12. The van der Waals surface area contributed by atoms with Crippen molar-refractivity contribution in [3.05, 3.63) is 0 Å². The topological polar surface area (TPSA) is 127 Å². The van der Waals surface area contributed by atoms with Crippen LogP contribution < -0.4 is 0 Å². The van der Waals surface area contributed by atoms with Gasteiger partial charge >= 0.3 is 11.9 Å². The maximum absolute atomic E-state index is 13.4. The van der Waals surface area contributed by atoms with E-state index in [4.69, 9.17) is 9.47 Å². The Morgan fingerprint density at radius 1 is 0.625 bits per heavy atom. The van der Waals surface area contributed by atoms with Crippen LogP contribution in [0.25, 0.3) is 0 Å². The van der Waals surface area contributed by atoms with Gasteiger partial charge in [-0.05, 0) is 76.0 Å². The standard InChI is InChI=1S/C30H40N2O8/c1-39-27(37)29-11-7-17(8-12-29)19-21(29)25(35)31(23(19)33)15-5-3-4-6-16-32-24(34)20-18-9-13-30(14-10-18,28(38)40-2)22(20)26(32)36/h17-22H,3-16H2,1-2H3/t17?,18?,19-,20+,21-,22-,29?,30?/m0/s1. The van der Waals surface area contributed by atoms with Crippen molar-refractivity contribution in [3.8, 4) is 0 Å². The molecule has 8 fully saturated rings. The first-order valence-corrected chi connectivity index (χ1v) is 15.1. The third-order valence-electron chi connectivity index (χ3n) is 11.6. The number of esters is 2. The molecule has 2 saturated heterocycles. The van der Waals surface area contributed by atoms with Crippen LogP contribution in [0.15, 0.2) is 0 Å². The van der Waals surface area contributed by atoms with Crippen molar-refractivity contribution in [1.29, 1.82) is 0 Å². The summed E-state index contributed by atoms with van der Waals surface area (Å²) in [6.07, 6.45) is 8.30. The molecule has 10 heteroatoms. The van der Waals surface area contributed by atoms with E-state index >= 15 is 0 Å². The second-order valence-electron chi connectivity index (χ2n) is 13.0. The first kappa shape index (κ1) is 27.4. The molecule has 4 amide bonds. The van der Waals surface area contributed by atoms with E-state index < -0.39 is 34.5 Å². The molecule has 2 aliphatic heterocycles. The predicted octanol–water partition coefficient (Wildman–Crippen LogP) is 2.48. The molecular weight excluding hydrogens is 516 g/mol. The highest BCUT2D eigenvalue weighted by atomic mass is 16.5. The van der Waals surface area contributed by atoms with Gasteiger partial charge in [0.15, 0.2) is 0 Å². The average molecular weight is 557 g/mol. The Kier molecular flexibility index (Phi) is 6.81. The van der Waals surface area contributed by atoms with Crippen molar-refractivity contribution in [2.45, 2.75) is 77.0 Å². The Bertz CT molecular complexity index is 1040. The summed E-state index contributed by atoms with van der Waals surface area (Å²) in [6, 6.07) is 0. The molecule has 4 bridgehead atoms. The van der Waals surface area contributed by atoms with Gasteiger partial charge in [0.2, 0.25) is 23.6 Å². The minimum Gasteiger partial charge on any atom is -0.469 e. The van der Waals surface area contributed by atoms with Crippen molar-refractivity contribution in [2.24, 2.45) is 46.3 Å². The first-order chi connectivity index (χ1) is 19.2. The molecule has 6 aliphatic carbocycles. The number of fused-ring (bicyclic) bond motifs is 4. The number of ether oxygens (including phenoxy) is 2. The lowest BCUT2D eigenvalue weighted by Gasteiger charge is -2.49. The average Bonchev–Trinajstić information content (AvgIpc) is 3.42. The third-order valence-corrected chi connectivity index (χ3v) is 11.6. The number of hydrogen-bond donors (Lipinski definition) is 0. The van der Waals surface area contributed by atoms with Crippen LogP contribution in [0.3, 0.4) is 0 Å². The largest absolute Gasteiger partial charge is 0.469 e. The molecular formula is C30H40N2O8. The minimum atomic E-state index is -0.867. The van der Waals surface area contributed by atoms with Crippen LogP contribution >= 0.6 is 0 Å². The number of unbranched alkanes of at least 4 members (excludes halogenated alkanes) is 3. The molecule has 0 aromatic rings. The van der Waals surface area contributed by atoms with Crippen LogP contribution in [-0.4, -0.2) is 72.7 Å². The second-order valence-corrected chi connectivity index (χ2v) is 13.0. The normalized spacial score (nSPS) is 39.5. The van der Waals surface area contributed by atoms with Crippen molar-refractivity contribution in [1.82, 2.24) is 9.80 Å². The van der Waals surface area contributed by atoms with Gasteiger partial charge in [0.1, 0.15) is 0 Å². The second kappa shape index (κ2) is 9.94. The van der Waals surface area contributed by atoms with Gasteiger partial charge in [0.25, 0.3) is 0 Å². The Hall–Kier alpha value is -2.78. The molecule has 0 unspecified atom stereocenters. The van der Waals surface area contributed by atoms with E-state index in [1.165, 1.54) is 24.0 Å². The number of amides is 4. The minimum absolute atomic E-state index is 0.141. The molecule has 0 aromatic carbocycles. The monoisotopic (exact) mass is 556 g/mol. The van der Waals surface area contributed by atoms with Crippen molar-refractivity contribution >= 4 is 35.6 Å². The summed E-state index contributed by atoms with van der Waals surface area (Å²) in [5.41, 5.74) is -1.73. The maximum atomic E-state index is 13.4. The predicted molar refractivity (Wildman–Crippen MR) is 139 cm³/mol. The third kappa shape index (κ3) is 3.66. The highest BCUT2D eigenvalue weighted by Crippen LogP contribution is 2.61. The van der Waals surface area contributed by atoms with Crippen LogP contribution in [0.5, 0.6) is 0 Å². The molecule has 0 N–H and O–H groups in total. The smallest absolute Gasteiger partial charge is 0.312 e. The molecule has 6 saturated carbocycles. The Morgan fingerprint density at radius 3 is 1.30 bits per heavy atom. The summed E-state index contributed by atoms with van der Waals surface area (Å²) in [5, 5.41) is 0. The van der Waals surface area contributed by atoms with Crippen molar-refractivity contribution < 1.29 is 38.2 Å². The fraction of sp³-hybridized carbons (Fsp3) is 0.800. The van der Waals surface area contributed by atoms with Crippen LogP contribution in [0.2, 0.25) is 0 Å². The molecule has 8 aliphatic rings. The van der Waals surface area contributed by atoms with Crippen molar-refractivity contribution in [2.75, 3.05) is 27.3 Å². The first-order valence-electron chi connectivity index (χ1n) is 15.1. The van der Waals surface area contributed by atoms with Crippen LogP contribution in [0.1, 0.15) is 77.0 Å². The van der Waals surface area contributed by atoms with Gasteiger partial charge in [-0.15, -0.1) is 0 Å². The number of hydrogen-bond acceptors (Lipinski definition) is 8. The van der Waals surface area contributed by atoms with Crippen LogP contribution in [-0.2, 0) is 38.2 Å². The van der Waals surface area contributed by atoms with Gasteiger partial charge in [-0.2, -0.15) is 0 Å². The summed E-state index contributed by atoms with van der Waals surface area (Å²) in [6.45, 7) is 0.646. The highest BCUT2D eigenvalue weighted by Gasteiger charge is 2.68. The van der Waals surface area contributed by atoms with Gasteiger partial charge in [-0.25, -0.2) is 0 Å². The lowest BCUT2D eigenvalue weighted by atomic mass is 9.51. The van der Waals surface area contributed by atoms with E-state index in [9.17, 15) is 28.8 Å². The van der Waals surface area contributed by atoms with Crippen LogP contribution in [0.4, 0.5) is 0 Å². The number of imide groups is 2. The number of likely N-dealkylation sites (tertiary alicyclic amines) is 2. The van der Waals surface area contributed by atoms with E-state index in [-0.39, 0.29) is 47.4 Å². The molecule has 0 aromatic heterocycles. The summed E-state index contributed by atoms with van der Waals surface area (Å²) >= 11 is 0. The highest BCUT2D eigenvalue weighted by molar-refractivity contribution is 6.09. The lowest BCUT2D eigenvalue weighted by Crippen LogP contribution is -2.54. The molecule has 0 spiro atoms. The number of carbonyl (C=O) groups is 6. The molecule has 10 nitrogen and oxygen atoms in total. The number of methoxy groups -OCH3 is 2.